The highest BCUT2D eigenvalue weighted by molar-refractivity contribution is 7.88. The van der Waals surface area contributed by atoms with E-state index in [1.165, 1.54) is 18.2 Å². The van der Waals surface area contributed by atoms with Crippen LogP contribution in [0.25, 0.3) is 11.1 Å². The summed E-state index contributed by atoms with van der Waals surface area (Å²) in [6, 6.07) is 7.51. The molecule has 11 heteroatoms. The van der Waals surface area contributed by atoms with Gasteiger partial charge in [-0.15, -0.1) is 0 Å². The minimum Gasteiger partial charge on any atom is -0.496 e. The number of halogens is 1. The standard InChI is InChI=1S/C23H27FN4O5S/c1-23(2,3)16-12-17(28-11-10-18(29)26-22(28)30)20(24)19(21(16)33-4)15-8-6-14(7-9-15)13-25-27-34(5,31)32/h6-9,12-13,27H,10-11H2,1-5H3,(H,26,29,30)/b25-13+. The number of rotatable bonds is 6. The number of sulfonamides is 1. The molecule has 1 aliphatic rings. The maximum absolute atomic E-state index is 16.0. The highest BCUT2D eigenvalue weighted by Gasteiger charge is 2.32. The van der Waals surface area contributed by atoms with Gasteiger partial charge >= 0.3 is 6.03 Å². The molecule has 34 heavy (non-hydrogen) atoms. The van der Waals surface area contributed by atoms with Crippen LogP contribution in [-0.2, 0) is 20.2 Å². The summed E-state index contributed by atoms with van der Waals surface area (Å²) in [4.78, 5) is 27.3. The minimum absolute atomic E-state index is 0.0497. The first-order chi connectivity index (χ1) is 15.8. The second-order valence-electron chi connectivity index (χ2n) is 8.91. The van der Waals surface area contributed by atoms with Gasteiger partial charge in [-0.25, -0.2) is 22.4 Å². The van der Waals surface area contributed by atoms with Gasteiger partial charge in [-0.2, -0.15) is 5.10 Å². The van der Waals surface area contributed by atoms with Gasteiger partial charge in [0.25, 0.3) is 0 Å². The monoisotopic (exact) mass is 490 g/mol. The molecule has 1 aliphatic heterocycles. The fraction of sp³-hybridized carbons (Fsp3) is 0.348. The highest BCUT2D eigenvalue weighted by Crippen LogP contribution is 2.45. The third-order valence-electron chi connectivity index (χ3n) is 5.19. The molecule has 2 N–H and O–H groups in total. The van der Waals surface area contributed by atoms with Crippen molar-refractivity contribution in [1.82, 2.24) is 10.1 Å². The van der Waals surface area contributed by atoms with E-state index in [-0.39, 0.29) is 24.2 Å². The number of imide groups is 1. The lowest BCUT2D eigenvalue weighted by Gasteiger charge is -2.31. The molecule has 182 valence electrons. The van der Waals surface area contributed by atoms with E-state index in [0.717, 1.165) is 6.26 Å². The van der Waals surface area contributed by atoms with Crippen LogP contribution in [0.4, 0.5) is 14.9 Å². The van der Waals surface area contributed by atoms with Crippen molar-refractivity contribution in [3.63, 3.8) is 0 Å². The van der Waals surface area contributed by atoms with Crippen molar-refractivity contribution in [3.05, 3.63) is 47.3 Å². The Kier molecular flexibility index (Phi) is 6.97. The van der Waals surface area contributed by atoms with Crippen LogP contribution in [0.2, 0.25) is 0 Å². The van der Waals surface area contributed by atoms with Crippen molar-refractivity contribution in [2.75, 3.05) is 24.8 Å². The molecule has 1 fully saturated rings. The van der Waals surface area contributed by atoms with Crippen LogP contribution in [0.5, 0.6) is 5.75 Å². The Balaban J connectivity index is 2.14. The predicted molar refractivity (Wildman–Crippen MR) is 128 cm³/mol. The lowest BCUT2D eigenvalue weighted by Crippen LogP contribution is -2.50. The molecule has 0 aliphatic carbocycles. The number of carbonyl (C=O) groups excluding carboxylic acids is 2. The second-order valence-corrected chi connectivity index (χ2v) is 10.6. The summed E-state index contributed by atoms with van der Waals surface area (Å²) in [5, 5.41) is 5.89. The average Bonchev–Trinajstić information content (AvgIpc) is 2.73. The SMILES string of the molecule is COc1c(C(C)(C)C)cc(N2CCC(=O)NC2=O)c(F)c1-c1ccc(/C=N/NS(C)(=O)=O)cc1. The summed E-state index contributed by atoms with van der Waals surface area (Å²) in [6.45, 7) is 5.90. The zero-order valence-corrected chi connectivity index (χ0v) is 20.4. The van der Waals surface area contributed by atoms with Crippen LogP contribution in [0.15, 0.2) is 35.4 Å². The summed E-state index contributed by atoms with van der Waals surface area (Å²) < 4.78 is 43.9. The molecular weight excluding hydrogens is 463 g/mol. The number of urea groups is 1. The van der Waals surface area contributed by atoms with Gasteiger partial charge < -0.3 is 4.74 Å². The number of nitrogens with one attached hydrogen (secondary N) is 2. The number of ether oxygens (including phenoxy) is 1. The lowest BCUT2D eigenvalue weighted by atomic mass is 9.83. The van der Waals surface area contributed by atoms with Gasteiger partial charge in [0.1, 0.15) is 5.75 Å². The van der Waals surface area contributed by atoms with E-state index in [4.69, 9.17) is 4.74 Å². The number of hydrogen-bond acceptors (Lipinski definition) is 6. The first kappa shape index (κ1) is 25.2. The maximum atomic E-state index is 16.0. The van der Waals surface area contributed by atoms with Crippen molar-refractivity contribution < 1.29 is 27.1 Å². The van der Waals surface area contributed by atoms with Crippen LogP contribution >= 0.6 is 0 Å². The Bertz CT molecular complexity index is 1250. The van der Waals surface area contributed by atoms with Crippen molar-refractivity contribution >= 4 is 33.9 Å². The van der Waals surface area contributed by atoms with Gasteiger partial charge in [0.15, 0.2) is 5.82 Å². The van der Waals surface area contributed by atoms with Gasteiger partial charge in [0.2, 0.25) is 15.9 Å². The molecular formula is C23H27FN4O5S. The van der Waals surface area contributed by atoms with Crippen LogP contribution in [0.1, 0.15) is 38.3 Å². The maximum Gasteiger partial charge on any atom is 0.328 e. The summed E-state index contributed by atoms with van der Waals surface area (Å²) >= 11 is 0. The number of methoxy groups -OCH3 is 1. The lowest BCUT2D eigenvalue weighted by molar-refractivity contribution is -0.120. The Labute approximate surface area is 198 Å². The van der Waals surface area contributed by atoms with E-state index in [1.54, 1.807) is 30.3 Å². The summed E-state index contributed by atoms with van der Waals surface area (Å²) in [6.07, 6.45) is 2.37. The van der Waals surface area contributed by atoms with Gasteiger partial charge in [-0.05, 0) is 22.6 Å². The van der Waals surface area contributed by atoms with Crippen LogP contribution in [-0.4, -0.2) is 46.5 Å². The molecule has 0 saturated carbocycles. The largest absolute Gasteiger partial charge is 0.496 e. The molecule has 9 nitrogen and oxygen atoms in total. The normalized spacial score (nSPS) is 14.9. The molecule has 0 aromatic heterocycles. The van der Waals surface area contributed by atoms with E-state index in [2.05, 4.69) is 10.4 Å². The Morgan fingerprint density at radius 2 is 1.85 bits per heavy atom. The van der Waals surface area contributed by atoms with E-state index < -0.39 is 33.2 Å². The molecule has 2 aromatic rings. The second kappa shape index (κ2) is 9.41. The van der Waals surface area contributed by atoms with E-state index in [0.29, 0.717) is 22.4 Å². The fourth-order valence-corrected chi connectivity index (χ4v) is 3.82. The van der Waals surface area contributed by atoms with Crippen molar-refractivity contribution in [2.45, 2.75) is 32.6 Å². The predicted octanol–water partition coefficient (Wildman–Crippen LogP) is 3.13. The van der Waals surface area contributed by atoms with Gasteiger partial charge in [0.05, 0.1) is 30.8 Å². The highest BCUT2D eigenvalue weighted by atomic mass is 32.2. The molecule has 1 saturated heterocycles. The molecule has 3 amide bonds. The Morgan fingerprint density at radius 1 is 1.21 bits per heavy atom. The van der Waals surface area contributed by atoms with E-state index in [9.17, 15) is 18.0 Å². The zero-order chi connectivity index (χ0) is 25.3. The molecule has 0 bridgehead atoms. The van der Waals surface area contributed by atoms with Gasteiger partial charge in [0, 0.05) is 18.5 Å². The quantitative estimate of drug-likeness (QED) is 0.477. The van der Waals surface area contributed by atoms with Gasteiger partial charge in [-0.1, -0.05) is 45.0 Å². The van der Waals surface area contributed by atoms with E-state index in [1.807, 2.05) is 25.6 Å². The smallest absolute Gasteiger partial charge is 0.328 e. The molecule has 0 spiro atoms. The third kappa shape index (κ3) is 5.53. The van der Waals surface area contributed by atoms with Gasteiger partial charge in [-0.3, -0.25) is 15.0 Å². The number of nitrogens with zero attached hydrogens (tertiary/aromatic N) is 2. The molecule has 2 aromatic carbocycles. The number of amides is 3. The molecule has 0 unspecified atom stereocenters. The first-order valence-electron chi connectivity index (χ1n) is 10.4. The Hall–Kier alpha value is -3.47. The zero-order valence-electron chi connectivity index (χ0n) is 19.6. The van der Waals surface area contributed by atoms with Crippen LogP contribution < -0.4 is 19.8 Å². The number of benzene rings is 2. The summed E-state index contributed by atoms with van der Waals surface area (Å²) in [7, 11) is -2.02. The summed E-state index contributed by atoms with van der Waals surface area (Å²) in [5.41, 5.74) is 1.54. The Morgan fingerprint density at radius 3 is 2.38 bits per heavy atom. The van der Waals surface area contributed by atoms with Crippen LogP contribution in [0.3, 0.4) is 0 Å². The number of anilines is 1. The van der Waals surface area contributed by atoms with Crippen molar-refractivity contribution in [2.24, 2.45) is 5.10 Å². The molecule has 1 heterocycles. The minimum atomic E-state index is -3.47. The topological polar surface area (TPSA) is 117 Å². The summed E-state index contributed by atoms with van der Waals surface area (Å²) in [5.74, 6) is -0.731. The van der Waals surface area contributed by atoms with E-state index >= 15 is 4.39 Å². The molecule has 0 radical (unpaired) electrons. The number of hydrazone groups is 1. The van der Waals surface area contributed by atoms with Crippen molar-refractivity contribution in [3.8, 4) is 16.9 Å². The van der Waals surface area contributed by atoms with Crippen LogP contribution in [0, 0.1) is 5.82 Å². The first-order valence-corrected chi connectivity index (χ1v) is 12.3. The number of carbonyl (C=O) groups is 2. The average molecular weight is 491 g/mol. The fourth-order valence-electron chi connectivity index (χ4n) is 3.58. The van der Waals surface area contributed by atoms with Crippen molar-refractivity contribution in [1.29, 1.82) is 0 Å². The third-order valence-corrected chi connectivity index (χ3v) is 5.62. The number of hydrogen-bond donors (Lipinski definition) is 2. The molecule has 3 rings (SSSR count). The molecule has 0 atom stereocenters.